The van der Waals surface area contributed by atoms with Gasteiger partial charge in [0.05, 0.1) is 13.2 Å². The van der Waals surface area contributed by atoms with Gasteiger partial charge in [-0.05, 0) is 43.4 Å². The van der Waals surface area contributed by atoms with Crippen LogP contribution < -0.4 is 0 Å². The molecule has 2 aliphatic heterocycles. The van der Waals surface area contributed by atoms with E-state index in [0.717, 1.165) is 24.9 Å². The zero-order valence-electron chi connectivity index (χ0n) is 14.2. The molecule has 0 aliphatic carbocycles. The number of aryl methyl sites for hydroxylation is 1. The number of carbonyl (C=O) groups excluding carboxylic acids is 2. The van der Waals surface area contributed by atoms with Crippen molar-refractivity contribution in [3.63, 3.8) is 0 Å². The highest BCUT2D eigenvalue weighted by molar-refractivity contribution is 5.87. The van der Waals surface area contributed by atoms with Gasteiger partial charge in [-0.25, -0.2) is 0 Å². The van der Waals surface area contributed by atoms with Crippen LogP contribution in [0.1, 0.15) is 31.2 Å². The molecule has 24 heavy (non-hydrogen) atoms. The van der Waals surface area contributed by atoms with Gasteiger partial charge in [0.2, 0.25) is 5.91 Å². The first kappa shape index (κ1) is 16.9. The number of aromatic nitrogens is 1. The van der Waals surface area contributed by atoms with Gasteiger partial charge in [-0.1, -0.05) is 0 Å². The van der Waals surface area contributed by atoms with Gasteiger partial charge < -0.3 is 14.5 Å². The molecule has 130 valence electrons. The Morgan fingerprint density at radius 2 is 2.08 bits per heavy atom. The topological polar surface area (TPSA) is 62.7 Å². The Morgan fingerprint density at radius 3 is 2.88 bits per heavy atom. The van der Waals surface area contributed by atoms with Crippen LogP contribution in [0.25, 0.3) is 0 Å². The smallest absolute Gasteiger partial charge is 0.256 e. The lowest BCUT2D eigenvalue weighted by Crippen LogP contribution is -2.60. The Balaban J connectivity index is 1.64. The molecular formula is C18H25N3O3. The Bertz CT molecular complexity index is 592. The van der Waals surface area contributed by atoms with Crippen molar-refractivity contribution in [2.24, 2.45) is 0 Å². The van der Waals surface area contributed by atoms with Crippen molar-refractivity contribution >= 4 is 11.8 Å². The summed E-state index contributed by atoms with van der Waals surface area (Å²) in [5.74, 6) is 0.112. The van der Waals surface area contributed by atoms with E-state index in [9.17, 15) is 9.59 Å². The molecule has 0 aromatic carbocycles. The monoisotopic (exact) mass is 331 g/mol. The largest absolute Gasteiger partial charge is 0.361 e. The second-order valence-corrected chi connectivity index (χ2v) is 6.70. The van der Waals surface area contributed by atoms with Crippen LogP contribution in [0.5, 0.6) is 0 Å². The number of nitrogens with zero attached hydrogens (tertiary/aromatic N) is 3. The molecule has 3 rings (SSSR count). The molecule has 1 spiro atoms. The standard InChI is InChI=1S/C18H25N3O3/c1-20-11-3-2-8-18(17(20)23)14-21(12-13-24-18)16(22)5-4-15-6-9-19-10-7-15/h6-7,9-10H,2-5,8,11-14H2,1H3. The maximum Gasteiger partial charge on any atom is 0.256 e. The van der Waals surface area contributed by atoms with Crippen molar-refractivity contribution in [1.29, 1.82) is 0 Å². The zero-order chi connectivity index (χ0) is 17.0. The van der Waals surface area contributed by atoms with E-state index in [-0.39, 0.29) is 11.8 Å². The van der Waals surface area contributed by atoms with E-state index in [1.807, 2.05) is 24.1 Å². The fourth-order valence-electron chi connectivity index (χ4n) is 3.55. The highest BCUT2D eigenvalue weighted by atomic mass is 16.5. The van der Waals surface area contributed by atoms with E-state index in [0.29, 0.717) is 39.0 Å². The molecule has 2 aliphatic rings. The van der Waals surface area contributed by atoms with Crippen LogP contribution in [-0.4, -0.2) is 65.5 Å². The minimum atomic E-state index is -0.837. The van der Waals surface area contributed by atoms with Crippen LogP contribution in [0, 0.1) is 0 Å². The third-order valence-electron chi connectivity index (χ3n) is 4.98. The summed E-state index contributed by atoms with van der Waals surface area (Å²) in [6.07, 6.45) is 7.26. The van der Waals surface area contributed by atoms with Crippen molar-refractivity contribution < 1.29 is 14.3 Å². The molecule has 1 unspecified atom stereocenters. The second-order valence-electron chi connectivity index (χ2n) is 6.70. The van der Waals surface area contributed by atoms with Gasteiger partial charge in [0.1, 0.15) is 0 Å². The number of rotatable bonds is 3. The Morgan fingerprint density at radius 1 is 1.29 bits per heavy atom. The molecule has 0 N–H and O–H groups in total. The van der Waals surface area contributed by atoms with Crippen LogP contribution in [0.4, 0.5) is 0 Å². The molecule has 2 amide bonds. The number of hydrogen-bond acceptors (Lipinski definition) is 4. The molecule has 0 saturated carbocycles. The molecule has 0 radical (unpaired) electrons. The first-order chi connectivity index (χ1) is 11.6. The predicted molar refractivity (Wildman–Crippen MR) is 89.3 cm³/mol. The summed E-state index contributed by atoms with van der Waals surface area (Å²) in [6, 6.07) is 3.86. The molecular weight excluding hydrogens is 306 g/mol. The van der Waals surface area contributed by atoms with Crippen LogP contribution in [0.2, 0.25) is 0 Å². The van der Waals surface area contributed by atoms with E-state index < -0.39 is 5.60 Å². The normalized spacial score (nSPS) is 25.0. The maximum atomic E-state index is 12.7. The van der Waals surface area contributed by atoms with Crippen molar-refractivity contribution in [1.82, 2.24) is 14.8 Å². The molecule has 6 heteroatoms. The summed E-state index contributed by atoms with van der Waals surface area (Å²) >= 11 is 0. The third-order valence-corrected chi connectivity index (χ3v) is 4.98. The van der Waals surface area contributed by atoms with Gasteiger partial charge in [0, 0.05) is 39.0 Å². The van der Waals surface area contributed by atoms with Gasteiger partial charge in [0.15, 0.2) is 5.60 Å². The number of likely N-dealkylation sites (tertiary alicyclic amines) is 1. The lowest BCUT2D eigenvalue weighted by Gasteiger charge is -2.42. The first-order valence-electron chi connectivity index (χ1n) is 8.67. The lowest BCUT2D eigenvalue weighted by molar-refractivity contribution is -0.173. The van der Waals surface area contributed by atoms with E-state index in [4.69, 9.17) is 4.74 Å². The minimum absolute atomic E-state index is 0.0200. The summed E-state index contributed by atoms with van der Waals surface area (Å²) in [7, 11) is 1.82. The summed E-state index contributed by atoms with van der Waals surface area (Å²) < 4.78 is 5.92. The number of ether oxygens (including phenoxy) is 1. The van der Waals surface area contributed by atoms with Crippen molar-refractivity contribution in [2.45, 2.75) is 37.7 Å². The van der Waals surface area contributed by atoms with Gasteiger partial charge >= 0.3 is 0 Å². The quantitative estimate of drug-likeness (QED) is 0.836. The van der Waals surface area contributed by atoms with Crippen LogP contribution in [-0.2, 0) is 20.7 Å². The molecule has 3 heterocycles. The first-order valence-corrected chi connectivity index (χ1v) is 8.67. The highest BCUT2D eigenvalue weighted by Crippen LogP contribution is 2.29. The van der Waals surface area contributed by atoms with Gasteiger partial charge in [-0.3, -0.25) is 14.6 Å². The summed E-state index contributed by atoms with van der Waals surface area (Å²) in [5.41, 5.74) is 0.266. The fourth-order valence-corrected chi connectivity index (χ4v) is 3.55. The maximum absolute atomic E-state index is 12.7. The van der Waals surface area contributed by atoms with Gasteiger partial charge in [0.25, 0.3) is 5.91 Å². The van der Waals surface area contributed by atoms with Crippen LogP contribution >= 0.6 is 0 Å². The van der Waals surface area contributed by atoms with Crippen molar-refractivity contribution in [3.05, 3.63) is 30.1 Å². The van der Waals surface area contributed by atoms with Crippen LogP contribution in [0.3, 0.4) is 0 Å². The summed E-state index contributed by atoms with van der Waals surface area (Å²) in [6.45, 7) is 2.14. The van der Waals surface area contributed by atoms with E-state index in [1.165, 1.54) is 0 Å². The molecule has 6 nitrogen and oxygen atoms in total. The Labute approximate surface area is 142 Å². The van der Waals surface area contributed by atoms with Gasteiger partial charge in [-0.15, -0.1) is 0 Å². The van der Waals surface area contributed by atoms with Gasteiger partial charge in [-0.2, -0.15) is 0 Å². The molecule has 2 fully saturated rings. The molecule has 1 aromatic rings. The second kappa shape index (κ2) is 7.30. The Kier molecular flexibility index (Phi) is 5.14. The van der Waals surface area contributed by atoms with E-state index >= 15 is 0 Å². The molecule has 1 atom stereocenters. The van der Waals surface area contributed by atoms with Crippen LogP contribution in [0.15, 0.2) is 24.5 Å². The number of hydrogen-bond donors (Lipinski definition) is 0. The van der Waals surface area contributed by atoms with Crippen molar-refractivity contribution in [3.8, 4) is 0 Å². The number of pyridine rings is 1. The Hall–Kier alpha value is -1.95. The fraction of sp³-hybridized carbons (Fsp3) is 0.611. The highest BCUT2D eigenvalue weighted by Gasteiger charge is 2.46. The predicted octanol–water partition coefficient (Wildman–Crippen LogP) is 1.25. The average molecular weight is 331 g/mol. The number of carbonyl (C=O) groups is 2. The average Bonchev–Trinajstić information content (AvgIpc) is 2.75. The lowest BCUT2D eigenvalue weighted by atomic mass is 9.94. The molecule has 2 saturated heterocycles. The number of likely N-dealkylation sites (N-methyl/N-ethyl adjacent to an activating group) is 1. The minimum Gasteiger partial charge on any atom is -0.361 e. The summed E-state index contributed by atoms with van der Waals surface area (Å²) in [4.78, 5) is 32.9. The summed E-state index contributed by atoms with van der Waals surface area (Å²) in [5, 5.41) is 0. The molecule has 1 aromatic heterocycles. The molecule has 0 bridgehead atoms. The van der Waals surface area contributed by atoms with E-state index in [1.54, 1.807) is 17.3 Å². The third kappa shape index (κ3) is 3.59. The van der Waals surface area contributed by atoms with Crippen molar-refractivity contribution in [2.75, 3.05) is 33.3 Å². The number of amides is 2. The SMILES string of the molecule is CN1CCCCC2(CN(C(=O)CCc3ccncc3)CCO2)C1=O. The zero-order valence-corrected chi connectivity index (χ0v) is 14.2. The number of morpholine rings is 1. The van der Waals surface area contributed by atoms with E-state index in [2.05, 4.69) is 4.98 Å².